The Kier molecular flexibility index (Phi) is 3.75. The standard InChI is InChI=1S/C10H9FN2O2/c1-2-15-10(14)4-7-3-8(11)9(5-12)13-6-7/h3,6H,2,4H2,1H3. The normalized spacial score (nSPS) is 9.40. The maximum Gasteiger partial charge on any atom is 0.310 e. The Morgan fingerprint density at radius 2 is 2.47 bits per heavy atom. The number of aromatic nitrogens is 1. The van der Waals surface area contributed by atoms with Crippen molar-refractivity contribution < 1.29 is 13.9 Å². The fourth-order valence-electron chi connectivity index (χ4n) is 1.04. The third-order valence-corrected chi connectivity index (χ3v) is 1.66. The molecule has 0 unspecified atom stereocenters. The van der Waals surface area contributed by atoms with Gasteiger partial charge in [0.25, 0.3) is 0 Å². The SMILES string of the molecule is CCOC(=O)Cc1cnc(C#N)c(F)c1. The predicted molar refractivity (Wildman–Crippen MR) is 49.2 cm³/mol. The van der Waals surface area contributed by atoms with Crippen molar-refractivity contribution in [1.82, 2.24) is 4.98 Å². The fraction of sp³-hybridized carbons (Fsp3) is 0.300. The van der Waals surface area contributed by atoms with Crippen LogP contribution in [0.3, 0.4) is 0 Å². The molecule has 4 nitrogen and oxygen atoms in total. The van der Waals surface area contributed by atoms with Crippen molar-refractivity contribution in [3.8, 4) is 6.07 Å². The lowest BCUT2D eigenvalue weighted by Crippen LogP contribution is -2.08. The highest BCUT2D eigenvalue weighted by Crippen LogP contribution is 2.07. The lowest BCUT2D eigenvalue weighted by molar-refractivity contribution is -0.142. The van der Waals surface area contributed by atoms with Crippen molar-refractivity contribution >= 4 is 5.97 Å². The second-order valence-electron chi connectivity index (χ2n) is 2.77. The minimum absolute atomic E-state index is 0.0382. The van der Waals surface area contributed by atoms with E-state index in [1.165, 1.54) is 6.20 Å². The molecule has 78 valence electrons. The van der Waals surface area contributed by atoms with Gasteiger partial charge in [-0.2, -0.15) is 5.26 Å². The largest absolute Gasteiger partial charge is 0.466 e. The monoisotopic (exact) mass is 208 g/mol. The van der Waals surface area contributed by atoms with Crippen molar-refractivity contribution in [3.05, 3.63) is 29.3 Å². The van der Waals surface area contributed by atoms with Crippen LogP contribution in [-0.4, -0.2) is 17.6 Å². The van der Waals surface area contributed by atoms with E-state index in [1.54, 1.807) is 13.0 Å². The van der Waals surface area contributed by atoms with Gasteiger partial charge in [-0.3, -0.25) is 4.79 Å². The van der Waals surface area contributed by atoms with Gasteiger partial charge in [-0.1, -0.05) is 0 Å². The summed E-state index contributed by atoms with van der Waals surface area (Å²) in [5, 5.41) is 8.43. The molecule has 0 saturated heterocycles. The number of rotatable bonds is 3. The number of nitrogens with zero attached hydrogens (tertiary/aromatic N) is 2. The van der Waals surface area contributed by atoms with Crippen LogP contribution in [0, 0.1) is 17.1 Å². The van der Waals surface area contributed by atoms with Crippen LogP contribution in [-0.2, 0) is 16.0 Å². The van der Waals surface area contributed by atoms with E-state index in [0.717, 1.165) is 6.07 Å². The number of ether oxygens (including phenoxy) is 1. The van der Waals surface area contributed by atoms with E-state index in [1.807, 2.05) is 0 Å². The van der Waals surface area contributed by atoms with Gasteiger partial charge in [-0.05, 0) is 18.6 Å². The Bertz CT molecular complexity index is 412. The van der Waals surface area contributed by atoms with Crippen LogP contribution in [0.25, 0.3) is 0 Å². The Morgan fingerprint density at radius 1 is 1.73 bits per heavy atom. The number of hydrogen-bond acceptors (Lipinski definition) is 4. The fourth-order valence-corrected chi connectivity index (χ4v) is 1.04. The van der Waals surface area contributed by atoms with Gasteiger partial charge in [0.15, 0.2) is 11.5 Å². The molecule has 1 rings (SSSR count). The van der Waals surface area contributed by atoms with E-state index in [4.69, 9.17) is 5.26 Å². The third-order valence-electron chi connectivity index (χ3n) is 1.66. The maximum absolute atomic E-state index is 13.0. The number of carbonyl (C=O) groups is 1. The van der Waals surface area contributed by atoms with E-state index in [0.29, 0.717) is 5.56 Å². The van der Waals surface area contributed by atoms with Crippen LogP contribution >= 0.6 is 0 Å². The molecule has 0 aliphatic rings. The lowest BCUT2D eigenvalue weighted by atomic mass is 10.2. The summed E-state index contributed by atoms with van der Waals surface area (Å²) in [6.45, 7) is 1.97. The van der Waals surface area contributed by atoms with E-state index >= 15 is 0 Å². The van der Waals surface area contributed by atoms with Crippen molar-refractivity contribution in [2.45, 2.75) is 13.3 Å². The summed E-state index contributed by atoms with van der Waals surface area (Å²) >= 11 is 0. The van der Waals surface area contributed by atoms with Gasteiger partial charge in [0.2, 0.25) is 0 Å². The lowest BCUT2D eigenvalue weighted by Gasteiger charge is -2.01. The second-order valence-corrected chi connectivity index (χ2v) is 2.77. The number of pyridine rings is 1. The molecule has 0 N–H and O–H groups in total. The highest BCUT2D eigenvalue weighted by Gasteiger charge is 2.08. The molecule has 0 radical (unpaired) electrons. The van der Waals surface area contributed by atoms with E-state index in [9.17, 15) is 9.18 Å². The maximum atomic E-state index is 13.0. The molecule has 0 amide bonds. The quantitative estimate of drug-likeness (QED) is 0.700. The zero-order chi connectivity index (χ0) is 11.3. The molecule has 5 heteroatoms. The van der Waals surface area contributed by atoms with Gasteiger partial charge >= 0.3 is 5.97 Å². The second kappa shape index (κ2) is 5.05. The van der Waals surface area contributed by atoms with Crippen LogP contribution in [0.1, 0.15) is 18.2 Å². The molecule has 0 fully saturated rings. The first-order valence-electron chi connectivity index (χ1n) is 4.37. The van der Waals surface area contributed by atoms with Gasteiger partial charge in [-0.15, -0.1) is 0 Å². The number of carbonyl (C=O) groups excluding carboxylic acids is 1. The topological polar surface area (TPSA) is 63.0 Å². The first-order chi connectivity index (χ1) is 7.17. The molecule has 1 heterocycles. The average molecular weight is 208 g/mol. The highest BCUT2D eigenvalue weighted by atomic mass is 19.1. The summed E-state index contributed by atoms with van der Waals surface area (Å²) in [5.74, 6) is -1.16. The summed E-state index contributed by atoms with van der Waals surface area (Å²) in [4.78, 5) is 14.6. The number of nitriles is 1. The first-order valence-corrected chi connectivity index (χ1v) is 4.37. The van der Waals surface area contributed by atoms with Crippen LogP contribution in [0.15, 0.2) is 12.3 Å². The smallest absolute Gasteiger partial charge is 0.310 e. The molecule has 0 bridgehead atoms. The predicted octanol–water partition coefficient (Wildman–Crippen LogP) is 1.20. The summed E-state index contributed by atoms with van der Waals surface area (Å²) in [6, 6.07) is 2.71. The average Bonchev–Trinajstić information content (AvgIpc) is 2.18. The Hall–Kier alpha value is -1.96. The molecule has 15 heavy (non-hydrogen) atoms. The Morgan fingerprint density at radius 3 is 3.00 bits per heavy atom. The molecule has 0 aliphatic carbocycles. The molecular formula is C10H9FN2O2. The molecule has 0 aliphatic heterocycles. The van der Waals surface area contributed by atoms with Crippen molar-refractivity contribution in [2.24, 2.45) is 0 Å². The van der Waals surface area contributed by atoms with Gasteiger partial charge in [-0.25, -0.2) is 9.37 Å². The van der Waals surface area contributed by atoms with Crippen LogP contribution in [0.5, 0.6) is 0 Å². The minimum Gasteiger partial charge on any atom is -0.466 e. The minimum atomic E-state index is -0.723. The van der Waals surface area contributed by atoms with Gasteiger partial charge in [0, 0.05) is 6.20 Å². The molecular weight excluding hydrogens is 199 g/mol. The first kappa shape index (κ1) is 11.1. The highest BCUT2D eigenvalue weighted by molar-refractivity contribution is 5.72. The third kappa shape index (κ3) is 3.02. The Balaban J connectivity index is 2.76. The van der Waals surface area contributed by atoms with Crippen LogP contribution in [0.2, 0.25) is 0 Å². The molecule has 1 aromatic heterocycles. The zero-order valence-electron chi connectivity index (χ0n) is 8.16. The summed E-state index contributed by atoms with van der Waals surface area (Å²) in [6.07, 6.45) is 1.25. The molecule has 0 saturated carbocycles. The number of hydrogen-bond donors (Lipinski definition) is 0. The van der Waals surface area contributed by atoms with Crippen molar-refractivity contribution in [2.75, 3.05) is 6.61 Å². The summed E-state index contributed by atoms with van der Waals surface area (Å²) in [5.41, 5.74) is 0.118. The van der Waals surface area contributed by atoms with Gasteiger partial charge < -0.3 is 4.74 Å². The van der Waals surface area contributed by atoms with E-state index in [-0.39, 0.29) is 18.7 Å². The van der Waals surface area contributed by atoms with Crippen molar-refractivity contribution in [1.29, 1.82) is 5.26 Å². The van der Waals surface area contributed by atoms with E-state index < -0.39 is 11.8 Å². The number of halogens is 1. The van der Waals surface area contributed by atoms with Gasteiger partial charge in [0.05, 0.1) is 13.0 Å². The molecule has 1 aromatic rings. The number of esters is 1. The molecule has 0 spiro atoms. The van der Waals surface area contributed by atoms with Crippen LogP contribution in [0.4, 0.5) is 4.39 Å². The Labute approximate surface area is 86.3 Å². The van der Waals surface area contributed by atoms with Gasteiger partial charge in [0.1, 0.15) is 6.07 Å². The van der Waals surface area contributed by atoms with E-state index in [2.05, 4.69) is 9.72 Å². The van der Waals surface area contributed by atoms with Crippen LogP contribution < -0.4 is 0 Å². The molecule has 0 aromatic carbocycles. The molecule has 0 atom stereocenters. The van der Waals surface area contributed by atoms with Crippen molar-refractivity contribution in [3.63, 3.8) is 0 Å². The summed E-state index contributed by atoms with van der Waals surface area (Å²) in [7, 11) is 0. The summed E-state index contributed by atoms with van der Waals surface area (Å²) < 4.78 is 17.7. The zero-order valence-corrected chi connectivity index (χ0v) is 8.16.